The fourth-order valence-corrected chi connectivity index (χ4v) is 5.31. The molecule has 2 heterocycles. The number of Topliss-reactive ketones (excluding diaryl/α,β-unsaturated/α-hetero) is 1. The molecule has 1 N–H and O–H groups in total. The number of aliphatic hydroxyl groups is 1. The van der Waals surface area contributed by atoms with Crippen molar-refractivity contribution >= 4 is 23.0 Å². The molecule has 0 spiro atoms. The number of benzene rings is 1. The molecule has 0 saturated carbocycles. The summed E-state index contributed by atoms with van der Waals surface area (Å²) in [7, 11) is 3.05. The molecule has 1 aliphatic rings. The lowest BCUT2D eigenvalue weighted by Crippen LogP contribution is -2.34. The number of para-hydroxylation sites is 1. The van der Waals surface area contributed by atoms with Gasteiger partial charge in [0.05, 0.1) is 41.4 Å². The van der Waals surface area contributed by atoms with Gasteiger partial charge in [0.25, 0.3) is 5.91 Å². The van der Waals surface area contributed by atoms with Crippen LogP contribution in [0.4, 0.5) is 0 Å². The maximum Gasteiger partial charge on any atom is 0.290 e. The zero-order valence-electron chi connectivity index (χ0n) is 20.7. The Morgan fingerprint density at radius 3 is 2.47 bits per heavy atom. The van der Waals surface area contributed by atoms with Crippen LogP contribution in [0.15, 0.2) is 29.5 Å². The van der Waals surface area contributed by atoms with Crippen LogP contribution in [-0.4, -0.2) is 72.0 Å². The molecule has 184 valence electrons. The minimum atomic E-state index is -0.802. The predicted molar refractivity (Wildman–Crippen MR) is 132 cm³/mol. The van der Waals surface area contributed by atoms with E-state index in [1.165, 1.54) is 25.6 Å². The molecule has 2 aromatic rings. The first-order chi connectivity index (χ1) is 16.3. The number of aryl methyl sites for hydroxylation is 2. The van der Waals surface area contributed by atoms with Crippen LogP contribution < -0.4 is 9.47 Å². The highest BCUT2D eigenvalue weighted by atomic mass is 32.1. The van der Waals surface area contributed by atoms with Gasteiger partial charge in [-0.1, -0.05) is 26.0 Å². The highest BCUT2D eigenvalue weighted by Gasteiger charge is 2.45. The normalized spacial score (nSPS) is 16.0. The molecule has 1 aromatic heterocycles. The lowest BCUT2D eigenvalue weighted by molar-refractivity contribution is -0.129. The Kier molecular flexibility index (Phi) is 8.33. The smallest absolute Gasteiger partial charge is 0.290 e. The Hall–Kier alpha value is -2.91. The summed E-state index contributed by atoms with van der Waals surface area (Å²) in [6.07, 6.45) is 0.698. The Morgan fingerprint density at radius 1 is 1.21 bits per heavy atom. The van der Waals surface area contributed by atoms with Gasteiger partial charge in [-0.2, -0.15) is 0 Å². The van der Waals surface area contributed by atoms with E-state index in [4.69, 9.17) is 9.47 Å². The lowest BCUT2D eigenvalue weighted by Gasteiger charge is -2.29. The SMILES string of the molecule is CCN(CC)CCCN1C(=O)C(O)=C(C(=O)c2sc(C)nc2C)[C@@H]1c1cccc(OC)c1OC. The lowest BCUT2D eigenvalue weighted by atomic mass is 9.94. The number of hydrogen-bond acceptors (Lipinski definition) is 8. The molecule has 1 aliphatic heterocycles. The molecule has 0 fully saturated rings. The van der Waals surface area contributed by atoms with Crippen LogP contribution in [0.5, 0.6) is 11.5 Å². The molecule has 34 heavy (non-hydrogen) atoms. The number of ether oxygens (including phenoxy) is 2. The Morgan fingerprint density at radius 2 is 1.91 bits per heavy atom. The zero-order chi connectivity index (χ0) is 25.0. The second kappa shape index (κ2) is 11.0. The van der Waals surface area contributed by atoms with Crippen LogP contribution >= 0.6 is 11.3 Å². The van der Waals surface area contributed by atoms with Gasteiger partial charge in [-0.15, -0.1) is 11.3 Å². The summed E-state index contributed by atoms with van der Waals surface area (Å²) in [4.78, 5) is 35.6. The van der Waals surface area contributed by atoms with Crippen molar-refractivity contribution in [2.24, 2.45) is 0 Å². The van der Waals surface area contributed by atoms with Crippen LogP contribution in [0.2, 0.25) is 0 Å². The molecular weight excluding hydrogens is 454 g/mol. The van der Waals surface area contributed by atoms with Crippen molar-refractivity contribution in [2.75, 3.05) is 40.4 Å². The van der Waals surface area contributed by atoms with Gasteiger partial charge in [0, 0.05) is 12.1 Å². The average Bonchev–Trinajstić information content (AvgIpc) is 3.30. The summed E-state index contributed by atoms with van der Waals surface area (Å²) in [6.45, 7) is 10.8. The van der Waals surface area contributed by atoms with Crippen molar-refractivity contribution in [2.45, 2.75) is 40.2 Å². The van der Waals surface area contributed by atoms with E-state index in [-0.39, 0.29) is 5.57 Å². The number of carbonyl (C=O) groups excluding carboxylic acids is 2. The molecule has 0 unspecified atom stereocenters. The number of nitrogens with zero attached hydrogens (tertiary/aromatic N) is 3. The molecule has 0 saturated heterocycles. The van der Waals surface area contributed by atoms with E-state index in [0.717, 1.165) is 24.6 Å². The first-order valence-corrected chi connectivity index (χ1v) is 12.3. The Balaban J connectivity index is 2.09. The fourth-order valence-electron chi connectivity index (χ4n) is 4.44. The number of amides is 1. The van der Waals surface area contributed by atoms with E-state index >= 15 is 0 Å². The average molecular weight is 488 g/mol. The van der Waals surface area contributed by atoms with Crippen LogP contribution in [0.1, 0.15) is 52.2 Å². The third kappa shape index (κ3) is 4.81. The van der Waals surface area contributed by atoms with Crippen LogP contribution in [0.3, 0.4) is 0 Å². The van der Waals surface area contributed by atoms with E-state index in [0.29, 0.717) is 40.6 Å². The van der Waals surface area contributed by atoms with Crippen molar-refractivity contribution in [1.82, 2.24) is 14.8 Å². The Bertz CT molecular complexity index is 1090. The largest absolute Gasteiger partial charge is 0.503 e. The van der Waals surface area contributed by atoms with Gasteiger partial charge in [0.2, 0.25) is 5.78 Å². The third-order valence-corrected chi connectivity index (χ3v) is 7.23. The number of hydrogen-bond donors (Lipinski definition) is 1. The monoisotopic (exact) mass is 487 g/mol. The number of aliphatic hydroxyl groups excluding tert-OH is 1. The first-order valence-electron chi connectivity index (χ1n) is 11.4. The summed E-state index contributed by atoms with van der Waals surface area (Å²) < 4.78 is 11.1. The van der Waals surface area contributed by atoms with Crippen molar-refractivity contribution in [3.8, 4) is 11.5 Å². The summed E-state index contributed by atoms with van der Waals surface area (Å²) in [5, 5.41) is 11.7. The number of ketones is 1. The van der Waals surface area contributed by atoms with Gasteiger partial charge < -0.3 is 24.4 Å². The van der Waals surface area contributed by atoms with E-state index in [9.17, 15) is 14.7 Å². The van der Waals surface area contributed by atoms with Gasteiger partial charge in [-0.3, -0.25) is 9.59 Å². The number of aromatic nitrogens is 1. The molecule has 8 nitrogen and oxygen atoms in total. The fraction of sp³-hybridized carbons (Fsp3) is 0.480. The molecule has 0 bridgehead atoms. The van der Waals surface area contributed by atoms with Gasteiger partial charge in [0.15, 0.2) is 17.3 Å². The van der Waals surface area contributed by atoms with E-state index in [2.05, 4.69) is 23.7 Å². The molecule has 0 aliphatic carbocycles. The third-order valence-electron chi connectivity index (χ3n) is 6.15. The number of rotatable bonds is 11. The molecular formula is C25H33N3O5S. The van der Waals surface area contributed by atoms with Crippen molar-refractivity contribution < 1.29 is 24.2 Å². The number of thiazole rings is 1. The van der Waals surface area contributed by atoms with Crippen LogP contribution in [0, 0.1) is 13.8 Å². The van der Waals surface area contributed by atoms with Gasteiger partial charge >= 0.3 is 0 Å². The molecule has 3 rings (SSSR count). The number of carbonyl (C=O) groups is 2. The van der Waals surface area contributed by atoms with Gasteiger partial charge in [-0.05, 0) is 46.0 Å². The maximum absolute atomic E-state index is 13.7. The zero-order valence-corrected chi connectivity index (χ0v) is 21.5. The minimum absolute atomic E-state index is 0.0474. The predicted octanol–water partition coefficient (Wildman–Crippen LogP) is 4.09. The summed E-state index contributed by atoms with van der Waals surface area (Å²) >= 11 is 1.26. The van der Waals surface area contributed by atoms with Crippen LogP contribution in [-0.2, 0) is 4.79 Å². The van der Waals surface area contributed by atoms with Gasteiger partial charge in [0.1, 0.15) is 0 Å². The topological polar surface area (TPSA) is 92.2 Å². The van der Waals surface area contributed by atoms with E-state index in [1.807, 2.05) is 6.92 Å². The maximum atomic E-state index is 13.7. The second-order valence-corrected chi connectivity index (χ2v) is 9.31. The van der Waals surface area contributed by atoms with Crippen molar-refractivity contribution in [3.63, 3.8) is 0 Å². The molecule has 1 atom stereocenters. The standard InChI is InChI=1S/C25H33N3O5S/c1-7-27(8-2)13-10-14-28-20(17-11-9-12-18(32-5)23(17)33-6)19(22(30)25(28)31)21(29)24-15(3)26-16(4)34-24/h9,11-12,20,30H,7-8,10,13-14H2,1-6H3/t20-/m0/s1. The van der Waals surface area contributed by atoms with Crippen molar-refractivity contribution in [1.29, 1.82) is 0 Å². The minimum Gasteiger partial charge on any atom is -0.503 e. The Labute approximate surface area is 204 Å². The van der Waals surface area contributed by atoms with Gasteiger partial charge in [-0.25, -0.2) is 4.98 Å². The summed E-state index contributed by atoms with van der Waals surface area (Å²) in [6, 6.07) is 4.54. The first kappa shape index (κ1) is 25.7. The molecule has 1 amide bonds. The van der Waals surface area contributed by atoms with Crippen molar-refractivity contribution in [3.05, 3.63) is 50.7 Å². The van der Waals surface area contributed by atoms with E-state index < -0.39 is 23.5 Å². The highest BCUT2D eigenvalue weighted by Crippen LogP contribution is 2.45. The highest BCUT2D eigenvalue weighted by molar-refractivity contribution is 7.14. The summed E-state index contributed by atoms with van der Waals surface area (Å²) in [5.74, 6) is -0.563. The molecule has 9 heteroatoms. The number of methoxy groups -OCH3 is 2. The second-order valence-electron chi connectivity index (χ2n) is 8.10. The quantitative estimate of drug-likeness (QED) is 0.477. The molecule has 0 radical (unpaired) electrons. The van der Waals surface area contributed by atoms with Crippen LogP contribution in [0.25, 0.3) is 0 Å². The molecule has 1 aromatic carbocycles. The summed E-state index contributed by atoms with van der Waals surface area (Å²) in [5.41, 5.74) is 1.21. The van der Waals surface area contributed by atoms with E-state index in [1.54, 1.807) is 30.0 Å².